The second-order valence-electron chi connectivity index (χ2n) is 6.83. The van der Waals surface area contributed by atoms with Crippen LogP contribution in [0.4, 0.5) is 0 Å². The van der Waals surface area contributed by atoms with Crippen LogP contribution in [0, 0.1) is 0 Å². The molecule has 0 amide bonds. The maximum atomic E-state index is 6.19. The molecule has 0 aromatic heterocycles. The van der Waals surface area contributed by atoms with Crippen LogP contribution < -0.4 is 0 Å². The van der Waals surface area contributed by atoms with Crippen molar-refractivity contribution >= 4 is 0 Å². The van der Waals surface area contributed by atoms with Crippen LogP contribution in [-0.4, -0.2) is 18.8 Å². The molecule has 0 N–H and O–H groups in total. The fourth-order valence-electron chi connectivity index (χ4n) is 2.98. The van der Waals surface area contributed by atoms with Crippen molar-refractivity contribution in [3.8, 4) is 0 Å². The molecule has 2 atom stereocenters. The lowest BCUT2D eigenvalue weighted by Crippen LogP contribution is -2.34. The van der Waals surface area contributed by atoms with E-state index >= 15 is 0 Å². The highest BCUT2D eigenvalue weighted by Gasteiger charge is 2.21. The Labute approximate surface area is 173 Å². The number of rotatable bonds is 12. The van der Waals surface area contributed by atoms with Crippen LogP contribution in [0.3, 0.4) is 0 Å². The highest BCUT2D eigenvalue weighted by atomic mass is 16.6. The first kappa shape index (κ1) is 21.0. The van der Waals surface area contributed by atoms with Crippen LogP contribution >= 0.6 is 0 Å². The van der Waals surface area contributed by atoms with E-state index in [9.17, 15) is 0 Å². The molecule has 0 aliphatic carbocycles. The Bertz CT molecular complexity index is 818. The molecule has 0 fully saturated rings. The molecule has 0 bridgehead atoms. The van der Waals surface area contributed by atoms with Gasteiger partial charge in [-0.15, -0.1) is 6.58 Å². The van der Waals surface area contributed by atoms with Crippen molar-refractivity contribution in [2.75, 3.05) is 6.61 Å². The monoisotopic (exact) mass is 388 g/mol. The van der Waals surface area contributed by atoms with Gasteiger partial charge in [0.2, 0.25) is 0 Å². The van der Waals surface area contributed by atoms with Crippen molar-refractivity contribution in [3.05, 3.63) is 120 Å². The predicted octanol–water partition coefficient (Wildman–Crippen LogP) is 5.56. The molecule has 0 heterocycles. The van der Waals surface area contributed by atoms with Gasteiger partial charge < -0.3 is 14.2 Å². The fourth-order valence-corrected chi connectivity index (χ4v) is 2.98. The average molecular weight is 389 g/mol. The molecule has 3 aromatic rings. The first-order valence-electron chi connectivity index (χ1n) is 9.90. The Morgan fingerprint density at radius 3 is 1.55 bits per heavy atom. The Morgan fingerprint density at radius 1 is 0.621 bits per heavy atom. The zero-order valence-corrected chi connectivity index (χ0v) is 16.7. The molecular formula is C26H28O3. The molecular weight excluding hydrogens is 360 g/mol. The molecule has 0 aliphatic heterocycles. The van der Waals surface area contributed by atoms with E-state index in [1.807, 2.05) is 66.7 Å². The number of benzene rings is 3. The molecule has 0 aliphatic rings. The van der Waals surface area contributed by atoms with Crippen molar-refractivity contribution in [1.29, 1.82) is 0 Å². The minimum absolute atomic E-state index is 0.250. The van der Waals surface area contributed by atoms with E-state index in [0.29, 0.717) is 26.4 Å². The van der Waals surface area contributed by atoms with Gasteiger partial charge in [-0.05, 0) is 16.7 Å². The van der Waals surface area contributed by atoms with Crippen molar-refractivity contribution in [2.24, 2.45) is 0 Å². The molecule has 0 saturated carbocycles. The number of hydrogen-bond donors (Lipinski definition) is 0. The summed E-state index contributed by atoms with van der Waals surface area (Å²) in [6.45, 7) is 5.92. The highest BCUT2D eigenvalue weighted by Crippen LogP contribution is 2.14. The lowest BCUT2D eigenvalue weighted by molar-refractivity contribution is -0.0997. The zero-order valence-electron chi connectivity index (χ0n) is 16.7. The van der Waals surface area contributed by atoms with E-state index in [0.717, 1.165) is 16.7 Å². The summed E-state index contributed by atoms with van der Waals surface area (Å²) < 4.78 is 18.2. The molecule has 3 rings (SSSR count). The third-order valence-electron chi connectivity index (χ3n) is 4.58. The maximum absolute atomic E-state index is 6.19. The SMILES string of the molecule is C=C[C@@H](OCc1ccccc1)[C@H](COCc1ccccc1)OCc1ccccc1. The molecule has 0 radical (unpaired) electrons. The van der Waals surface area contributed by atoms with Gasteiger partial charge in [0.1, 0.15) is 12.2 Å². The van der Waals surface area contributed by atoms with E-state index in [1.165, 1.54) is 0 Å². The van der Waals surface area contributed by atoms with Gasteiger partial charge in [0.15, 0.2) is 0 Å². The number of ether oxygens (including phenoxy) is 3. The van der Waals surface area contributed by atoms with Gasteiger partial charge in [-0.3, -0.25) is 0 Å². The van der Waals surface area contributed by atoms with E-state index in [2.05, 4.69) is 30.8 Å². The summed E-state index contributed by atoms with van der Waals surface area (Å²) in [7, 11) is 0. The molecule has 0 spiro atoms. The quantitative estimate of drug-likeness (QED) is 0.380. The Balaban J connectivity index is 1.59. The van der Waals surface area contributed by atoms with E-state index in [-0.39, 0.29) is 12.2 Å². The third-order valence-corrected chi connectivity index (χ3v) is 4.58. The van der Waals surface area contributed by atoms with E-state index in [4.69, 9.17) is 14.2 Å². The molecule has 0 unspecified atom stereocenters. The lowest BCUT2D eigenvalue weighted by Gasteiger charge is -2.25. The first-order valence-corrected chi connectivity index (χ1v) is 9.90. The van der Waals surface area contributed by atoms with Crippen molar-refractivity contribution in [3.63, 3.8) is 0 Å². The molecule has 3 aromatic carbocycles. The average Bonchev–Trinajstić information content (AvgIpc) is 2.79. The second-order valence-corrected chi connectivity index (χ2v) is 6.83. The standard InChI is InChI=1S/C26H28O3/c1-2-25(28-19-23-14-8-4-9-15-23)26(29-20-24-16-10-5-11-17-24)21-27-18-22-12-6-3-7-13-22/h2-17,25-26H,1,18-21H2/t25-,26+/m1/s1. The summed E-state index contributed by atoms with van der Waals surface area (Å²) in [6.07, 6.45) is 1.28. The van der Waals surface area contributed by atoms with Crippen molar-refractivity contribution in [1.82, 2.24) is 0 Å². The highest BCUT2D eigenvalue weighted by molar-refractivity contribution is 5.15. The summed E-state index contributed by atoms with van der Waals surface area (Å²) in [6, 6.07) is 30.4. The Hall–Kier alpha value is -2.72. The van der Waals surface area contributed by atoms with Crippen LogP contribution in [0.5, 0.6) is 0 Å². The van der Waals surface area contributed by atoms with Gasteiger partial charge >= 0.3 is 0 Å². The second kappa shape index (κ2) is 12.0. The zero-order chi connectivity index (χ0) is 20.2. The lowest BCUT2D eigenvalue weighted by atomic mass is 10.2. The summed E-state index contributed by atoms with van der Waals surface area (Å²) in [5.74, 6) is 0. The smallest absolute Gasteiger partial charge is 0.111 e. The minimum Gasteiger partial charge on any atom is -0.374 e. The van der Waals surface area contributed by atoms with Crippen molar-refractivity contribution in [2.45, 2.75) is 32.0 Å². The van der Waals surface area contributed by atoms with Crippen LogP contribution in [0.2, 0.25) is 0 Å². The molecule has 0 saturated heterocycles. The predicted molar refractivity (Wildman–Crippen MR) is 116 cm³/mol. The van der Waals surface area contributed by atoms with Crippen LogP contribution in [0.25, 0.3) is 0 Å². The molecule has 3 heteroatoms. The van der Waals surface area contributed by atoms with Crippen molar-refractivity contribution < 1.29 is 14.2 Å². The Morgan fingerprint density at radius 2 is 1.07 bits per heavy atom. The summed E-state index contributed by atoms with van der Waals surface area (Å²) >= 11 is 0. The van der Waals surface area contributed by atoms with Gasteiger partial charge in [0, 0.05) is 0 Å². The topological polar surface area (TPSA) is 27.7 Å². The van der Waals surface area contributed by atoms with E-state index < -0.39 is 0 Å². The van der Waals surface area contributed by atoms with Crippen LogP contribution in [0.1, 0.15) is 16.7 Å². The minimum atomic E-state index is -0.269. The fraction of sp³-hybridized carbons (Fsp3) is 0.231. The molecule has 3 nitrogen and oxygen atoms in total. The van der Waals surface area contributed by atoms with Gasteiger partial charge in [-0.1, -0.05) is 97.1 Å². The largest absolute Gasteiger partial charge is 0.374 e. The Kier molecular flexibility index (Phi) is 8.67. The normalized spacial score (nSPS) is 13.0. The van der Waals surface area contributed by atoms with Gasteiger partial charge in [-0.2, -0.15) is 0 Å². The van der Waals surface area contributed by atoms with Gasteiger partial charge in [0.25, 0.3) is 0 Å². The summed E-state index contributed by atoms with van der Waals surface area (Å²) in [5, 5.41) is 0. The van der Waals surface area contributed by atoms with Gasteiger partial charge in [0.05, 0.1) is 26.4 Å². The van der Waals surface area contributed by atoms with Crippen LogP contribution in [-0.2, 0) is 34.0 Å². The molecule has 29 heavy (non-hydrogen) atoms. The van der Waals surface area contributed by atoms with E-state index in [1.54, 1.807) is 6.08 Å². The van der Waals surface area contributed by atoms with Crippen LogP contribution in [0.15, 0.2) is 104 Å². The van der Waals surface area contributed by atoms with Gasteiger partial charge in [-0.25, -0.2) is 0 Å². The summed E-state index contributed by atoms with van der Waals surface area (Å²) in [5.41, 5.74) is 3.37. The number of hydrogen-bond acceptors (Lipinski definition) is 3. The summed E-state index contributed by atoms with van der Waals surface area (Å²) in [4.78, 5) is 0. The molecule has 150 valence electrons. The first-order chi connectivity index (χ1) is 14.3. The maximum Gasteiger partial charge on any atom is 0.111 e. The third kappa shape index (κ3) is 7.31.